The van der Waals surface area contributed by atoms with Crippen LogP contribution in [0.1, 0.15) is 18.2 Å². The second-order valence-corrected chi connectivity index (χ2v) is 6.95. The SMILES string of the molecule is C=CCONC(=C)c1ccc(-n2c(O)c(CSC(C)=O)n(CC=C)c2=O)cc1. The molecule has 0 saturated heterocycles. The van der Waals surface area contributed by atoms with E-state index in [0.717, 1.165) is 17.3 Å². The van der Waals surface area contributed by atoms with Crippen LogP contribution in [0.15, 0.2) is 60.9 Å². The Morgan fingerprint density at radius 3 is 2.54 bits per heavy atom. The third-order valence-corrected chi connectivity index (χ3v) is 4.64. The predicted octanol–water partition coefficient (Wildman–Crippen LogP) is 2.99. The van der Waals surface area contributed by atoms with Gasteiger partial charge in [0.25, 0.3) is 0 Å². The first kappa shape index (κ1) is 21.3. The number of allylic oxidation sites excluding steroid dienone is 1. The number of aromatic nitrogens is 2. The van der Waals surface area contributed by atoms with Gasteiger partial charge in [0.05, 0.1) is 23.7 Å². The van der Waals surface area contributed by atoms with E-state index in [1.807, 2.05) is 0 Å². The van der Waals surface area contributed by atoms with Crippen LogP contribution < -0.4 is 11.2 Å². The lowest BCUT2D eigenvalue weighted by Crippen LogP contribution is -2.23. The monoisotopic (exact) mass is 401 g/mol. The normalized spacial score (nSPS) is 10.5. The minimum atomic E-state index is -0.407. The molecule has 28 heavy (non-hydrogen) atoms. The second kappa shape index (κ2) is 9.82. The molecule has 0 spiro atoms. The number of hydrogen-bond donors (Lipinski definition) is 2. The maximum Gasteiger partial charge on any atom is 0.336 e. The van der Waals surface area contributed by atoms with Gasteiger partial charge in [-0.2, -0.15) is 0 Å². The van der Waals surface area contributed by atoms with Gasteiger partial charge in [0.15, 0.2) is 5.12 Å². The van der Waals surface area contributed by atoms with E-state index >= 15 is 0 Å². The summed E-state index contributed by atoms with van der Waals surface area (Å²) < 4.78 is 2.60. The molecular weight excluding hydrogens is 378 g/mol. The highest BCUT2D eigenvalue weighted by molar-refractivity contribution is 8.12. The number of hydrogen-bond acceptors (Lipinski definition) is 6. The molecular formula is C20H23N3O4S. The average molecular weight is 401 g/mol. The van der Waals surface area contributed by atoms with Gasteiger partial charge in [-0.15, -0.1) is 13.2 Å². The van der Waals surface area contributed by atoms with Crippen LogP contribution in [0.25, 0.3) is 11.4 Å². The molecule has 0 amide bonds. The molecule has 1 aromatic heterocycles. The molecule has 0 atom stereocenters. The third kappa shape index (κ3) is 4.85. The summed E-state index contributed by atoms with van der Waals surface area (Å²) in [6.45, 7) is 13.1. The van der Waals surface area contributed by atoms with Gasteiger partial charge in [-0.05, 0) is 17.7 Å². The molecule has 0 aliphatic rings. The highest BCUT2D eigenvalue weighted by Gasteiger charge is 2.20. The Kier molecular flexibility index (Phi) is 7.48. The molecule has 2 aromatic rings. The van der Waals surface area contributed by atoms with Crippen LogP contribution in [0, 0.1) is 0 Å². The lowest BCUT2D eigenvalue weighted by Gasteiger charge is -2.10. The molecule has 2 N–H and O–H groups in total. The lowest BCUT2D eigenvalue weighted by molar-refractivity contribution is -0.109. The van der Waals surface area contributed by atoms with Crippen molar-refractivity contribution in [2.75, 3.05) is 6.61 Å². The largest absolute Gasteiger partial charge is 0.493 e. The van der Waals surface area contributed by atoms with Crippen LogP contribution in [0.4, 0.5) is 0 Å². The van der Waals surface area contributed by atoms with Gasteiger partial charge in [0.1, 0.15) is 0 Å². The summed E-state index contributed by atoms with van der Waals surface area (Å²) in [6.07, 6.45) is 3.17. The molecule has 0 aliphatic heterocycles. The second-order valence-electron chi connectivity index (χ2n) is 5.79. The summed E-state index contributed by atoms with van der Waals surface area (Å²) in [6, 6.07) is 6.89. The number of hydroxylamine groups is 1. The Labute approximate surface area is 167 Å². The Balaban J connectivity index is 2.36. The van der Waals surface area contributed by atoms with Gasteiger partial charge in [0, 0.05) is 19.2 Å². The van der Waals surface area contributed by atoms with Crippen LogP contribution in [-0.2, 0) is 21.9 Å². The Bertz CT molecular complexity index is 942. The summed E-state index contributed by atoms with van der Waals surface area (Å²) >= 11 is 1.02. The molecule has 0 unspecified atom stereocenters. The molecule has 8 heteroatoms. The van der Waals surface area contributed by atoms with Gasteiger partial charge >= 0.3 is 5.69 Å². The molecule has 0 saturated carbocycles. The number of thioether (sulfide) groups is 1. The van der Waals surface area contributed by atoms with Crippen molar-refractivity contribution >= 4 is 22.6 Å². The maximum absolute atomic E-state index is 12.8. The maximum atomic E-state index is 12.8. The zero-order chi connectivity index (χ0) is 20.7. The highest BCUT2D eigenvalue weighted by Crippen LogP contribution is 2.25. The van der Waals surface area contributed by atoms with Crippen molar-refractivity contribution in [2.24, 2.45) is 0 Å². The lowest BCUT2D eigenvalue weighted by atomic mass is 10.1. The number of rotatable bonds is 10. The number of nitrogens with zero attached hydrogens (tertiary/aromatic N) is 2. The highest BCUT2D eigenvalue weighted by atomic mass is 32.2. The van der Waals surface area contributed by atoms with Crippen LogP contribution in [-0.4, -0.2) is 26.0 Å². The Morgan fingerprint density at radius 2 is 1.96 bits per heavy atom. The van der Waals surface area contributed by atoms with Crippen LogP contribution in [0.5, 0.6) is 5.88 Å². The zero-order valence-electron chi connectivity index (χ0n) is 15.7. The minimum Gasteiger partial charge on any atom is -0.493 e. The van der Waals surface area contributed by atoms with Gasteiger partial charge in [-0.25, -0.2) is 9.36 Å². The summed E-state index contributed by atoms with van der Waals surface area (Å²) in [5, 5.41) is 10.5. The van der Waals surface area contributed by atoms with Crippen molar-refractivity contribution in [2.45, 2.75) is 19.2 Å². The topological polar surface area (TPSA) is 85.5 Å². The van der Waals surface area contributed by atoms with E-state index in [1.165, 1.54) is 16.1 Å². The predicted molar refractivity (Wildman–Crippen MR) is 112 cm³/mol. The van der Waals surface area contributed by atoms with Gasteiger partial charge in [-0.1, -0.05) is 42.6 Å². The average Bonchev–Trinajstić information content (AvgIpc) is 2.90. The number of benzene rings is 1. The fourth-order valence-corrected chi connectivity index (χ4v) is 3.12. The van der Waals surface area contributed by atoms with Gasteiger partial charge < -0.3 is 5.11 Å². The number of carbonyl (C=O) groups excluding carboxylic acids is 1. The van der Waals surface area contributed by atoms with Crippen LogP contribution in [0.3, 0.4) is 0 Å². The summed E-state index contributed by atoms with van der Waals surface area (Å²) in [4.78, 5) is 29.2. The number of imidazole rings is 1. The Morgan fingerprint density at radius 1 is 1.29 bits per heavy atom. The van der Waals surface area contributed by atoms with E-state index < -0.39 is 5.69 Å². The molecule has 0 fully saturated rings. The quantitative estimate of drug-likeness (QED) is 0.362. The number of aromatic hydroxyl groups is 1. The molecule has 1 aromatic carbocycles. The molecule has 148 valence electrons. The fraction of sp³-hybridized carbons (Fsp3) is 0.200. The summed E-state index contributed by atoms with van der Waals surface area (Å²) in [5.74, 6) is -0.00363. The summed E-state index contributed by atoms with van der Waals surface area (Å²) in [7, 11) is 0. The zero-order valence-corrected chi connectivity index (χ0v) is 16.5. The van der Waals surface area contributed by atoms with Crippen molar-refractivity contribution in [1.29, 1.82) is 0 Å². The van der Waals surface area contributed by atoms with E-state index in [0.29, 0.717) is 23.7 Å². The molecule has 2 rings (SSSR count). The molecule has 0 aliphatic carbocycles. The Hall–Kier alpha value is -2.97. The van der Waals surface area contributed by atoms with Crippen LogP contribution >= 0.6 is 11.8 Å². The first-order valence-corrected chi connectivity index (χ1v) is 9.45. The van der Waals surface area contributed by atoms with Gasteiger partial charge in [-0.3, -0.25) is 19.7 Å². The van der Waals surface area contributed by atoms with E-state index in [-0.39, 0.29) is 23.3 Å². The third-order valence-electron chi connectivity index (χ3n) is 3.81. The van der Waals surface area contributed by atoms with E-state index in [9.17, 15) is 14.7 Å². The standard InChI is InChI=1S/C20H23N3O4S/c1-5-11-22-18(13-28-15(4)24)19(25)23(20(22)26)17-9-7-16(8-10-17)14(3)21-27-12-6-2/h5-10,21,25H,1-3,11-13H2,4H3. The number of nitrogens with one attached hydrogen (secondary N) is 1. The van der Waals surface area contributed by atoms with Crippen molar-refractivity contribution in [3.63, 3.8) is 0 Å². The smallest absolute Gasteiger partial charge is 0.336 e. The van der Waals surface area contributed by atoms with E-state index in [1.54, 1.807) is 36.4 Å². The first-order valence-electron chi connectivity index (χ1n) is 8.46. The molecule has 7 nitrogen and oxygen atoms in total. The van der Waals surface area contributed by atoms with Crippen molar-refractivity contribution < 1.29 is 14.7 Å². The molecule has 1 heterocycles. The summed E-state index contributed by atoms with van der Waals surface area (Å²) in [5.41, 5.74) is 4.47. The van der Waals surface area contributed by atoms with Crippen molar-refractivity contribution in [3.05, 3.63) is 77.9 Å². The first-order chi connectivity index (χ1) is 13.4. The molecule has 0 radical (unpaired) electrons. The number of carbonyl (C=O) groups is 1. The van der Waals surface area contributed by atoms with Crippen molar-refractivity contribution in [3.8, 4) is 11.6 Å². The minimum absolute atomic E-state index is 0.0983. The van der Waals surface area contributed by atoms with Crippen molar-refractivity contribution in [1.82, 2.24) is 14.6 Å². The van der Waals surface area contributed by atoms with E-state index in [4.69, 9.17) is 4.84 Å². The van der Waals surface area contributed by atoms with Crippen LogP contribution in [0.2, 0.25) is 0 Å². The van der Waals surface area contributed by atoms with E-state index in [2.05, 4.69) is 25.2 Å². The van der Waals surface area contributed by atoms with Gasteiger partial charge in [0.2, 0.25) is 5.88 Å². The fourth-order valence-electron chi connectivity index (χ4n) is 2.50. The molecule has 0 bridgehead atoms.